The molecule has 0 heterocycles. The summed E-state index contributed by atoms with van der Waals surface area (Å²) in [7, 11) is 0. The molecule has 3 aromatic carbocycles. The highest BCUT2D eigenvalue weighted by Crippen LogP contribution is 2.33. The van der Waals surface area contributed by atoms with E-state index in [9.17, 15) is 9.59 Å². The van der Waals surface area contributed by atoms with Crippen molar-refractivity contribution >= 4 is 63.5 Å². The highest BCUT2D eigenvalue weighted by molar-refractivity contribution is 6.42. The third-order valence-corrected chi connectivity index (χ3v) is 4.49. The van der Waals surface area contributed by atoms with Crippen molar-refractivity contribution < 1.29 is 14.3 Å². The molecule has 0 aromatic heterocycles. The highest BCUT2D eigenvalue weighted by atomic mass is 35.5. The molecule has 0 aliphatic carbocycles. The van der Waals surface area contributed by atoms with Gasteiger partial charge < -0.3 is 10.1 Å². The monoisotopic (exact) mass is 407 g/mol. The molecule has 0 bridgehead atoms. The number of fused-ring (bicyclic) bond motifs is 1. The minimum absolute atomic E-state index is 0.218. The van der Waals surface area contributed by atoms with Crippen LogP contribution < -0.4 is 10.1 Å². The minimum Gasteiger partial charge on any atom is -0.483 e. The maximum absolute atomic E-state index is 12.2. The first-order valence-corrected chi connectivity index (χ1v) is 8.67. The molecule has 0 saturated heterocycles. The van der Waals surface area contributed by atoms with E-state index in [4.69, 9.17) is 39.5 Å². The number of nitrogens with one attached hydrogen (secondary N) is 1. The van der Waals surface area contributed by atoms with E-state index in [1.54, 1.807) is 6.07 Å². The van der Waals surface area contributed by atoms with Gasteiger partial charge in [-0.2, -0.15) is 0 Å². The second-order valence-corrected chi connectivity index (χ2v) is 6.65. The fourth-order valence-corrected chi connectivity index (χ4v) is 3.41. The van der Waals surface area contributed by atoms with Gasteiger partial charge in [0.2, 0.25) is 0 Å². The van der Waals surface area contributed by atoms with Crippen LogP contribution in [0.3, 0.4) is 0 Å². The quantitative estimate of drug-likeness (QED) is 0.557. The molecule has 26 heavy (non-hydrogen) atoms. The van der Waals surface area contributed by atoms with E-state index >= 15 is 0 Å². The van der Waals surface area contributed by atoms with Gasteiger partial charge in [-0.3, -0.25) is 9.59 Å². The standard InChI is InChI=1S/C19H12Cl3NO3/c20-12-7-15(21)19(16(22)8-12)23-18(25)10-26-17-6-5-11-3-1-2-4-13(11)14(17)9-24/h1-9H,10H2,(H,23,25). The van der Waals surface area contributed by atoms with Crippen LogP contribution in [-0.4, -0.2) is 18.8 Å². The van der Waals surface area contributed by atoms with Crippen LogP contribution >= 0.6 is 34.8 Å². The lowest BCUT2D eigenvalue weighted by Gasteiger charge is -2.12. The van der Waals surface area contributed by atoms with Crippen molar-refractivity contribution in [3.8, 4) is 5.75 Å². The number of aldehydes is 1. The SMILES string of the molecule is O=Cc1c(OCC(=O)Nc2c(Cl)cc(Cl)cc2Cl)ccc2ccccc12. The van der Waals surface area contributed by atoms with Crippen molar-refractivity contribution in [3.05, 3.63) is 69.2 Å². The van der Waals surface area contributed by atoms with E-state index in [-0.39, 0.29) is 22.3 Å². The van der Waals surface area contributed by atoms with Gasteiger partial charge >= 0.3 is 0 Å². The number of rotatable bonds is 5. The molecular weight excluding hydrogens is 397 g/mol. The maximum Gasteiger partial charge on any atom is 0.262 e. The summed E-state index contributed by atoms with van der Waals surface area (Å²) >= 11 is 17.9. The summed E-state index contributed by atoms with van der Waals surface area (Å²) in [5.41, 5.74) is 0.638. The Hall–Kier alpha value is -2.27. The van der Waals surface area contributed by atoms with Crippen LogP contribution in [0.15, 0.2) is 48.5 Å². The topological polar surface area (TPSA) is 55.4 Å². The van der Waals surface area contributed by atoms with Gasteiger partial charge in [0.05, 0.1) is 21.3 Å². The maximum atomic E-state index is 12.2. The van der Waals surface area contributed by atoms with Gasteiger partial charge in [-0.05, 0) is 29.0 Å². The molecular formula is C19H12Cl3NO3. The van der Waals surface area contributed by atoms with E-state index in [2.05, 4.69) is 5.32 Å². The van der Waals surface area contributed by atoms with Crippen LogP contribution in [0, 0.1) is 0 Å². The van der Waals surface area contributed by atoms with Gasteiger partial charge in [-0.25, -0.2) is 0 Å². The predicted octanol–water partition coefficient (Wildman–Crippen LogP) is 5.63. The van der Waals surface area contributed by atoms with Gasteiger partial charge in [-0.15, -0.1) is 0 Å². The number of hydrogen-bond acceptors (Lipinski definition) is 3. The van der Waals surface area contributed by atoms with E-state index in [1.807, 2.05) is 30.3 Å². The van der Waals surface area contributed by atoms with Gasteiger partial charge in [0.1, 0.15) is 5.75 Å². The third-order valence-electron chi connectivity index (χ3n) is 3.68. The predicted molar refractivity (Wildman–Crippen MR) is 105 cm³/mol. The van der Waals surface area contributed by atoms with Crippen LogP contribution in [-0.2, 0) is 4.79 Å². The molecule has 3 rings (SSSR count). The molecule has 1 N–H and O–H groups in total. The van der Waals surface area contributed by atoms with Gasteiger partial charge in [-0.1, -0.05) is 65.1 Å². The molecule has 7 heteroatoms. The summed E-state index contributed by atoms with van der Waals surface area (Å²) < 4.78 is 5.52. The van der Waals surface area contributed by atoms with Crippen LogP contribution in [0.4, 0.5) is 5.69 Å². The lowest BCUT2D eigenvalue weighted by molar-refractivity contribution is -0.118. The Bertz CT molecular complexity index is 981. The van der Waals surface area contributed by atoms with Crippen molar-refractivity contribution in [2.24, 2.45) is 0 Å². The van der Waals surface area contributed by atoms with Crippen LogP contribution in [0.5, 0.6) is 5.75 Å². The molecule has 3 aromatic rings. The van der Waals surface area contributed by atoms with Crippen molar-refractivity contribution in [2.75, 3.05) is 11.9 Å². The molecule has 4 nitrogen and oxygen atoms in total. The number of amides is 1. The molecule has 1 amide bonds. The van der Waals surface area contributed by atoms with Crippen molar-refractivity contribution in [1.82, 2.24) is 0 Å². The minimum atomic E-state index is -0.471. The van der Waals surface area contributed by atoms with Gasteiger partial charge in [0.15, 0.2) is 12.9 Å². The molecule has 0 aliphatic rings. The first kappa shape index (κ1) is 18.5. The lowest BCUT2D eigenvalue weighted by atomic mass is 10.0. The fourth-order valence-electron chi connectivity index (χ4n) is 2.50. The molecule has 132 valence electrons. The average Bonchev–Trinajstić information content (AvgIpc) is 2.62. The molecule has 0 radical (unpaired) electrons. The van der Waals surface area contributed by atoms with Gasteiger partial charge in [0, 0.05) is 5.02 Å². The average molecular weight is 409 g/mol. The number of halogens is 3. The number of carbonyl (C=O) groups excluding carboxylic acids is 2. The van der Waals surface area contributed by atoms with E-state index < -0.39 is 5.91 Å². The molecule has 0 spiro atoms. The molecule has 0 aliphatic heterocycles. The molecule has 0 fully saturated rings. The fraction of sp³-hybridized carbons (Fsp3) is 0.0526. The van der Waals surface area contributed by atoms with E-state index in [1.165, 1.54) is 12.1 Å². The zero-order valence-electron chi connectivity index (χ0n) is 13.3. The summed E-state index contributed by atoms with van der Waals surface area (Å²) in [5.74, 6) is -0.150. The van der Waals surface area contributed by atoms with Crippen LogP contribution in [0.25, 0.3) is 10.8 Å². The molecule has 0 unspecified atom stereocenters. The highest BCUT2D eigenvalue weighted by Gasteiger charge is 2.13. The molecule has 0 saturated carbocycles. The Morgan fingerprint density at radius 2 is 1.73 bits per heavy atom. The molecule has 0 atom stereocenters. The summed E-state index contributed by atoms with van der Waals surface area (Å²) in [6, 6.07) is 13.8. The Morgan fingerprint density at radius 3 is 2.42 bits per heavy atom. The first-order chi connectivity index (χ1) is 12.5. The lowest BCUT2D eigenvalue weighted by Crippen LogP contribution is -2.21. The van der Waals surface area contributed by atoms with E-state index in [0.29, 0.717) is 22.6 Å². The second-order valence-electron chi connectivity index (χ2n) is 5.40. The third kappa shape index (κ3) is 3.93. The normalized spacial score (nSPS) is 10.6. The number of carbonyl (C=O) groups is 2. The van der Waals surface area contributed by atoms with Gasteiger partial charge in [0.25, 0.3) is 5.91 Å². The number of hydrogen-bond donors (Lipinski definition) is 1. The number of benzene rings is 3. The summed E-state index contributed by atoms with van der Waals surface area (Å²) in [6.45, 7) is -0.311. The van der Waals surface area contributed by atoms with Crippen molar-refractivity contribution in [2.45, 2.75) is 0 Å². The Balaban J connectivity index is 1.76. The van der Waals surface area contributed by atoms with Crippen LogP contribution in [0.1, 0.15) is 10.4 Å². The number of anilines is 1. The zero-order chi connectivity index (χ0) is 18.7. The van der Waals surface area contributed by atoms with E-state index in [0.717, 1.165) is 10.8 Å². The first-order valence-electron chi connectivity index (χ1n) is 7.53. The number of ether oxygens (including phenoxy) is 1. The summed E-state index contributed by atoms with van der Waals surface area (Å²) in [4.78, 5) is 23.6. The van der Waals surface area contributed by atoms with Crippen molar-refractivity contribution in [3.63, 3.8) is 0 Å². The Morgan fingerprint density at radius 1 is 1.04 bits per heavy atom. The Labute approximate surface area is 164 Å². The largest absolute Gasteiger partial charge is 0.483 e. The van der Waals surface area contributed by atoms with Crippen molar-refractivity contribution in [1.29, 1.82) is 0 Å². The Kier molecular flexibility index (Phi) is 5.67. The second kappa shape index (κ2) is 7.96. The smallest absolute Gasteiger partial charge is 0.262 e. The summed E-state index contributed by atoms with van der Waals surface area (Å²) in [5, 5.41) is 5.04. The zero-order valence-corrected chi connectivity index (χ0v) is 15.5. The van der Waals surface area contributed by atoms with Crippen LogP contribution in [0.2, 0.25) is 15.1 Å². The summed E-state index contributed by atoms with van der Waals surface area (Å²) in [6.07, 6.45) is 0.711.